The molecule has 4 aromatic rings. The molecule has 0 saturated heterocycles. The Hall–Kier alpha value is -3.28. The van der Waals surface area contributed by atoms with Gasteiger partial charge >= 0.3 is 0 Å². The van der Waals surface area contributed by atoms with Gasteiger partial charge in [0.2, 0.25) is 0 Å². The van der Waals surface area contributed by atoms with Gasteiger partial charge in [0, 0.05) is 11.8 Å². The number of imidazole rings is 1. The number of nitrogens with one attached hydrogen (secondary N) is 2. The number of hydrogen-bond acceptors (Lipinski definition) is 7. The fourth-order valence-electron chi connectivity index (χ4n) is 2.55. The highest BCUT2D eigenvalue weighted by atomic mass is 35.5. The lowest BCUT2D eigenvalue weighted by atomic mass is 10.1. The highest BCUT2D eigenvalue weighted by Crippen LogP contribution is 2.35. The molecular weight excluding hydrogens is 387 g/mol. The number of fused-ring (bicyclic) bond motifs is 1. The van der Waals surface area contributed by atoms with E-state index in [0.29, 0.717) is 49.8 Å². The van der Waals surface area contributed by atoms with E-state index in [1.54, 1.807) is 6.07 Å². The molecule has 8 nitrogen and oxygen atoms in total. The standard InChI is InChI=1S/C17H10Cl2N8/c1-8-2-12(22-6-21-8)25-16-14-17(24-7-23-16)27-15(26-14)13-10(18)3-9(5-20)4-11(13)19/h2-4,6-7H,1H3,(H2,21,22,23,24,25,26,27). The van der Waals surface area contributed by atoms with Gasteiger partial charge in [0.05, 0.1) is 27.2 Å². The molecular formula is C17H10Cl2N8. The normalized spacial score (nSPS) is 10.7. The van der Waals surface area contributed by atoms with Gasteiger partial charge in [-0.2, -0.15) is 5.26 Å². The Labute approximate surface area is 163 Å². The summed E-state index contributed by atoms with van der Waals surface area (Å²) in [6.07, 6.45) is 2.86. The van der Waals surface area contributed by atoms with E-state index in [4.69, 9.17) is 28.5 Å². The first-order valence-electron chi connectivity index (χ1n) is 7.71. The summed E-state index contributed by atoms with van der Waals surface area (Å²) in [5.74, 6) is 1.51. The van der Waals surface area contributed by atoms with Crippen LogP contribution in [0.3, 0.4) is 0 Å². The second kappa shape index (κ2) is 6.79. The lowest BCUT2D eigenvalue weighted by Crippen LogP contribution is -1.98. The summed E-state index contributed by atoms with van der Waals surface area (Å²) in [6.45, 7) is 1.87. The number of aryl methyl sites for hydroxylation is 1. The van der Waals surface area contributed by atoms with Crippen molar-refractivity contribution in [2.45, 2.75) is 6.92 Å². The Balaban J connectivity index is 1.81. The second-order valence-corrected chi connectivity index (χ2v) is 6.42. The maximum Gasteiger partial charge on any atom is 0.183 e. The third-order valence-electron chi connectivity index (χ3n) is 3.75. The lowest BCUT2D eigenvalue weighted by molar-refractivity contribution is 1.10. The lowest BCUT2D eigenvalue weighted by Gasteiger charge is -2.05. The molecule has 27 heavy (non-hydrogen) atoms. The van der Waals surface area contributed by atoms with Gasteiger partial charge in [-0.3, -0.25) is 0 Å². The Kier molecular flexibility index (Phi) is 4.32. The number of hydrogen-bond donors (Lipinski definition) is 2. The Morgan fingerprint density at radius 1 is 1.04 bits per heavy atom. The van der Waals surface area contributed by atoms with Gasteiger partial charge in [-0.1, -0.05) is 23.2 Å². The topological polar surface area (TPSA) is 116 Å². The van der Waals surface area contributed by atoms with Crippen molar-refractivity contribution >= 4 is 46.0 Å². The SMILES string of the molecule is Cc1cc(Nc2ncnc3nc(-c4c(Cl)cc(C#N)cc4Cl)[nH]c23)ncn1. The van der Waals surface area contributed by atoms with E-state index < -0.39 is 0 Å². The number of benzene rings is 1. The Bertz CT molecular complexity index is 1190. The van der Waals surface area contributed by atoms with Crippen LogP contribution in [0.25, 0.3) is 22.6 Å². The first-order chi connectivity index (χ1) is 13.0. The zero-order valence-corrected chi connectivity index (χ0v) is 15.3. The van der Waals surface area contributed by atoms with E-state index in [9.17, 15) is 0 Å². The molecule has 4 rings (SSSR count). The largest absolute Gasteiger partial charge is 0.333 e. The molecule has 0 aliphatic rings. The van der Waals surface area contributed by atoms with Crippen LogP contribution in [0.1, 0.15) is 11.3 Å². The summed E-state index contributed by atoms with van der Waals surface area (Å²) < 4.78 is 0. The Morgan fingerprint density at radius 3 is 2.48 bits per heavy atom. The van der Waals surface area contributed by atoms with Crippen LogP contribution in [0, 0.1) is 18.3 Å². The number of anilines is 2. The van der Waals surface area contributed by atoms with E-state index in [-0.39, 0.29) is 0 Å². The van der Waals surface area contributed by atoms with Crippen LogP contribution in [0.2, 0.25) is 10.0 Å². The predicted molar refractivity (Wildman–Crippen MR) is 102 cm³/mol. The van der Waals surface area contributed by atoms with Crippen LogP contribution in [-0.2, 0) is 0 Å². The van der Waals surface area contributed by atoms with Gasteiger partial charge in [0.1, 0.15) is 29.8 Å². The Morgan fingerprint density at radius 2 is 1.78 bits per heavy atom. The number of nitrogens with zero attached hydrogens (tertiary/aromatic N) is 6. The summed E-state index contributed by atoms with van der Waals surface area (Å²) in [7, 11) is 0. The summed E-state index contributed by atoms with van der Waals surface area (Å²) >= 11 is 12.6. The van der Waals surface area contributed by atoms with Crippen molar-refractivity contribution in [3.63, 3.8) is 0 Å². The molecule has 0 bridgehead atoms. The van der Waals surface area contributed by atoms with Gasteiger partial charge in [-0.15, -0.1) is 0 Å². The highest BCUT2D eigenvalue weighted by Gasteiger charge is 2.17. The second-order valence-electron chi connectivity index (χ2n) is 5.60. The maximum atomic E-state index is 9.03. The van der Waals surface area contributed by atoms with Gasteiger partial charge < -0.3 is 10.3 Å². The van der Waals surface area contributed by atoms with Gasteiger partial charge in [-0.25, -0.2) is 24.9 Å². The van der Waals surface area contributed by atoms with Crippen LogP contribution >= 0.6 is 23.2 Å². The van der Waals surface area contributed by atoms with Crippen molar-refractivity contribution in [1.82, 2.24) is 29.9 Å². The van der Waals surface area contributed by atoms with E-state index in [0.717, 1.165) is 5.69 Å². The van der Waals surface area contributed by atoms with E-state index >= 15 is 0 Å². The minimum absolute atomic E-state index is 0.312. The molecule has 0 amide bonds. The van der Waals surface area contributed by atoms with Crippen LogP contribution in [0.5, 0.6) is 0 Å². The molecule has 132 valence electrons. The maximum absolute atomic E-state index is 9.03. The fraction of sp³-hybridized carbons (Fsp3) is 0.0588. The molecule has 10 heteroatoms. The first kappa shape index (κ1) is 17.1. The summed E-state index contributed by atoms with van der Waals surface area (Å²) in [4.78, 5) is 24.2. The number of aromatic nitrogens is 6. The molecule has 0 aliphatic heterocycles. The van der Waals surface area contributed by atoms with Gasteiger partial charge in [0.25, 0.3) is 0 Å². The zero-order chi connectivity index (χ0) is 19.0. The first-order valence-corrected chi connectivity index (χ1v) is 8.46. The smallest absolute Gasteiger partial charge is 0.183 e. The molecule has 0 saturated carbocycles. The van der Waals surface area contributed by atoms with Crippen molar-refractivity contribution in [2.75, 3.05) is 5.32 Å². The molecule has 0 spiro atoms. The quantitative estimate of drug-likeness (QED) is 0.536. The van der Waals surface area contributed by atoms with Gasteiger partial charge in [-0.05, 0) is 19.1 Å². The van der Waals surface area contributed by atoms with Crippen molar-refractivity contribution < 1.29 is 0 Å². The highest BCUT2D eigenvalue weighted by molar-refractivity contribution is 6.39. The molecule has 0 atom stereocenters. The molecule has 0 radical (unpaired) electrons. The minimum Gasteiger partial charge on any atom is -0.333 e. The minimum atomic E-state index is 0.312. The van der Waals surface area contributed by atoms with Crippen LogP contribution in [-0.4, -0.2) is 29.9 Å². The molecule has 1 aromatic carbocycles. The van der Waals surface area contributed by atoms with E-state index in [1.165, 1.54) is 24.8 Å². The van der Waals surface area contributed by atoms with Crippen molar-refractivity contribution in [2.24, 2.45) is 0 Å². The predicted octanol–water partition coefficient (Wildman–Crippen LogP) is 4.04. The number of aromatic amines is 1. The molecule has 0 unspecified atom stereocenters. The fourth-order valence-corrected chi connectivity index (χ4v) is 3.22. The molecule has 3 heterocycles. The average molecular weight is 397 g/mol. The number of nitriles is 1. The average Bonchev–Trinajstić information content (AvgIpc) is 3.05. The number of H-pyrrole nitrogens is 1. The van der Waals surface area contributed by atoms with Crippen LogP contribution < -0.4 is 5.32 Å². The zero-order valence-electron chi connectivity index (χ0n) is 13.8. The van der Waals surface area contributed by atoms with Crippen LogP contribution in [0.4, 0.5) is 11.6 Å². The molecule has 0 aliphatic carbocycles. The van der Waals surface area contributed by atoms with Crippen LogP contribution in [0.15, 0.2) is 30.9 Å². The van der Waals surface area contributed by atoms with Gasteiger partial charge in [0.15, 0.2) is 11.5 Å². The summed E-state index contributed by atoms with van der Waals surface area (Å²) in [5, 5.41) is 12.8. The van der Waals surface area contributed by atoms with E-state index in [2.05, 4.69) is 35.2 Å². The van der Waals surface area contributed by atoms with Crippen molar-refractivity contribution in [1.29, 1.82) is 5.26 Å². The number of rotatable bonds is 3. The van der Waals surface area contributed by atoms with E-state index in [1.807, 2.05) is 13.0 Å². The number of halogens is 2. The third-order valence-corrected chi connectivity index (χ3v) is 4.34. The van der Waals surface area contributed by atoms with Crippen molar-refractivity contribution in [3.05, 3.63) is 52.2 Å². The summed E-state index contributed by atoms with van der Waals surface area (Å²) in [5.41, 5.74) is 2.68. The molecule has 2 N–H and O–H groups in total. The third kappa shape index (κ3) is 3.26. The molecule has 3 aromatic heterocycles. The van der Waals surface area contributed by atoms with Crippen molar-refractivity contribution in [3.8, 4) is 17.5 Å². The summed E-state index contributed by atoms with van der Waals surface area (Å²) in [6, 6.07) is 6.87. The molecule has 0 fully saturated rings. The monoisotopic (exact) mass is 396 g/mol.